The summed E-state index contributed by atoms with van der Waals surface area (Å²) in [5.74, 6) is 0.234. The summed E-state index contributed by atoms with van der Waals surface area (Å²) in [6, 6.07) is 9.94. The van der Waals surface area contributed by atoms with Crippen LogP contribution >= 0.6 is 0 Å². The van der Waals surface area contributed by atoms with E-state index in [0.717, 1.165) is 44.9 Å². The van der Waals surface area contributed by atoms with Gasteiger partial charge in [-0.05, 0) is 5.56 Å². The van der Waals surface area contributed by atoms with Crippen molar-refractivity contribution in [3.8, 4) is 0 Å². The van der Waals surface area contributed by atoms with E-state index >= 15 is 0 Å². The monoisotopic (exact) mass is 262 g/mol. The largest absolute Gasteiger partial charge is 0.383 e. The summed E-state index contributed by atoms with van der Waals surface area (Å²) in [6.07, 6.45) is 0.513. The number of methoxy groups -OCH3 is 1. The zero-order chi connectivity index (χ0) is 13.5. The van der Waals surface area contributed by atoms with Gasteiger partial charge in [-0.1, -0.05) is 30.3 Å². The Hall–Kier alpha value is -1.39. The second-order valence-electron chi connectivity index (χ2n) is 4.88. The second-order valence-corrected chi connectivity index (χ2v) is 4.88. The van der Waals surface area contributed by atoms with Crippen LogP contribution in [-0.4, -0.2) is 62.1 Å². The highest BCUT2D eigenvalue weighted by molar-refractivity contribution is 5.78. The minimum absolute atomic E-state index is 0.234. The van der Waals surface area contributed by atoms with Gasteiger partial charge in [0.15, 0.2) is 0 Å². The van der Waals surface area contributed by atoms with E-state index in [0.29, 0.717) is 6.42 Å². The Morgan fingerprint density at radius 1 is 1.16 bits per heavy atom. The molecule has 1 amide bonds. The highest BCUT2D eigenvalue weighted by Gasteiger charge is 2.20. The lowest BCUT2D eigenvalue weighted by atomic mass is 10.1. The average molecular weight is 262 g/mol. The van der Waals surface area contributed by atoms with Crippen LogP contribution in [0.4, 0.5) is 0 Å². The van der Waals surface area contributed by atoms with E-state index < -0.39 is 0 Å². The first kappa shape index (κ1) is 14.0. The van der Waals surface area contributed by atoms with Gasteiger partial charge < -0.3 is 9.64 Å². The van der Waals surface area contributed by atoms with Gasteiger partial charge in [0.2, 0.25) is 5.91 Å². The fraction of sp³-hybridized carbons (Fsp3) is 0.533. The van der Waals surface area contributed by atoms with E-state index in [1.807, 2.05) is 35.2 Å². The van der Waals surface area contributed by atoms with Gasteiger partial charge in [0.05, 0.1) is 13.0 Å². The third kappa shape index (κ3) is 4.33. The van der Waals surface area contributed by atoms with Crippen molar-refractivity contribution in [2.45, 2.75) is 6.42 Å². The number of ether oxygens (including phenoxy) is 1. The number of piperazine rings is 1. The van der Waals surface area contributed by atoms with Crippen LogP contribution in [0.15, 0.2) is 30.3 Å². The van der Waals surface area contributed by atoms with Gasteiger partial charge in [0, 0.05) is 39.8 Å². The van der Waals surface area contributed by atoms with Crippen LogP contribution in [0.5, 0.6) is 0 Å². The molecule has 1 saturated heterocycles. The molecule has 0 N–H and O–H groups in total. The third-order valence-corrected chi connectivity index (χ3v) is 3.53. The average Bonchev–Trinajstić information content (AvgIpc) is 2.46. The number of amides is 1. The number of hydrogen-bond donors (Lipinski definition) is 0. The van der Waals surface area contributed by atoms with E-state index in [-0.39, 0.29) is 5.91 Å². The second kappa shape index (κ2) is 7.26. The van der Waals surface area contributed by atoms with Gasteiger partial charge in [-0.15, -0.1) is 0 Å². The van der Waals surface area contributed by atoms with Gasteiger partial charge in [-0.25, -0.2) is 0 Å². The van der Waals surface area contributed by atoms with Gasteiger partial charge in [0.25, 0.3) is 0 Å². The Balaban J connectivity index is 1.76. The molecule has 0 spiro atoms. The molecule has 0 atom stereocenters. The van der Waals surface area contributed by atoms with Crippen molar-refractivity contribution >= 4 is 5.91 Å². The van der Waals surface area contributed by atoms with Gasteiger partial charge >= 0.3 is 0 Å². The lowest BCUT2D eigenvalue weighted by Crippen LogP contribution is -2.49. The highest BCUT2D eigenvalue weighted by Crippen LogP contribution is 2.06. The Morgan fingerprint density at radius 2 is 1.84 bits per heavy atom. The summed E-state index contributed by atoms with van der Waals surface area (Å²) in [6.45, 7) is 5.27. The fourth-order valence-corrected chi connectivity index (χ4v) is 2.32. The number of carbonyl (C=O) groups is 1. The molecular weight excluding hydrogens is 240 g/mol. The maximum atomic E-state index is 12.2. The number of benzene rings is 1. The lowest BCUT2D eigenvalue weighted by molar-refractivity contribution is -0.132. The first-order valence-electron chi connectivity index (χ1n) is 6.82. The summed E-state index contributed by atoms with van der Waals surface area (Å²) >= 11 is 0. The molecule has 1 aliphatic rings. The molecule has 1 aromatic rings. The molecular formula is C15H22N2O2. The first-order valence-corrected chi connectivity index (χ1v) is 6.82. The molecule has 0 unspecified atom stereocenters. The smallest absolute Gasteiger partial charge is 0.227 e. The predicted octanol–water partition coefficient (Wildman–Crippen LogP) is 1.02. The molecule has 4 nitrogen and oxygen atoms in total. The van der Waals surface area contributed by atoms with Crippen LogP contribution in [0.3, 0.4) is 0 Å². The minimum atomic E-state index is 0.234. The predicted molar refractivity (Wildman–Crippen MR) is 75.0 cm³/mol. The summed E-state index contributed by atoms with van der Waals surface area (Å²) in [5, 5.41) is 0. The Bertz CT molecular complexity index is 386. The highest BCUT2D eigenvalue weighted by atomic mass is 16.5. The van der Waals surface area contributed by atoms with Crippen LogP contribution in [0.1, 0.15) is 5.56 Å². The fourth-order valence-electron chi connectivity index (χ4n) is 2.32. The van der Waals surface area contributed by atoms with Crippen LogP contribution in [0, 0.1) is 0 Å². The van der Waals surface area contributed by atoms with E-state index in [9.17, 15) is 4.79 Å². The van der Waals surface area contributed by atoms with Crippen molar-refractivity contribution in [3.05, 3.63) is 35.9 Å². The maximum Gasteiger partial charge on any atom is 0.227 e. The van der Waals surface area contributed by atoms with E-state index in [4.69, 9.17) is 4.74 Å². The number of nitrogens with zero attached hydrogens (tertiary/aromatic N) is 2. The molecule has 2 rings (SSSR count). The summed E-state index contributed by atoms with van der Waals surface area (Å²) in [7, 11) is 1.72. The van der Waals surface area contributed by atoms with Crippen molar-refractivity contribution in [3.63, 3.8) is 0 Å². The zero-order valence-electron chi connectivity index (χ0n) is 11.5. The van der Waals surface area contributed by atoms with Crippen molar-refractivity contribution in [2.24, 2.45) is 0 Å². The van der Waals surface area contributed by atoms with Gasteiger partial charge in [-0.2, -0.15) is 0 Å². The quantitative estimate of drug-likeness (QED) is 0.794. The van der Waals surface area contributed by atoms with E-state index in [1.165, 1.54) is 0 Å². The molecule has 0 aliphatic carbocycles. The topological polar surface area (TPSA) is 32.8 Å². The molecule has 1 aromatic carbocycles. The Kier molecular flexibility index (Phi) is 5.36. The van der Waals surface area contributed by atoms with Crippen LogP contribution < -0.4 is 0 Å². The first-order chi connectivity index (χ1) is 9.29. The molecule has 1 heterocycles. The van der Waals surface area contributed by atoms with Crippen LogP contribution in [-0.2, 0) is 16.0 Å². The molecule has 104 valence electrons. The molecule has 0 radical (unpaired) electrons. The Morgan fingerprint density at radius 3 is 2.47 bits per heavy atom. The molecule has 0 bridgehead atoms. The van der Waals surface area contributed by atoms with E-state index in [1.54, 1.807) is 7.11 Å². The van der Waals surface area contributed by atoms with Crippen LogP contribution in [0.2, 0.25) is 0 Å². The molecule has 0 saturated carbocycles. The standard InChI is InChI=1S/C15H22N2O2/c1-19-12-11-16-7-9-17(10-8-16)15(18)13-14-5-3-2-4-6-14/h2-6H,7-13H2,1H3. The summed E-state index contributed by atoms with van der Waals surface area (Å²) in [5.41, 5.74) is 1.09. The third-order valence-electron chi connectivity index (χ3n) is 3.53. The lowest BCUT2D eigenvalue weighted by Gasteiger charge is -2.34. The number of hydrogen-bond acceptors (Lipinski definition) is 3. The molecule has 4 heteroatoms. The van der Waals surface area contributed by atoms with Crippen molar-refractivity contribution < 1.29 is 9.53 Å². The minimum Gasteiger partial charge on any atom is -0.383 e. The molecule has 1 fully saturated rings. The zero-order valence-corrected chi connectivity index (χ0v) is 11.5. The summed E-state index contributed by atoms with van der Waals surface area (Å²) in [4.78, 5) is 16.5. The number of rotatable bonds is 5. The molecule has 0 aromatic heterocycles. The van der Waals surface area contributed by atoms with Gasteiger partial charge in [-0.3, -0.25) is 9.69 Å². The normalized spacial score (nSPS) is 16.6. The summed E-state index contributed by atoms with van der Waals surface area (Å²) < 4.78 is 5.08. The molecule has 19 heavy (non-hydrogen) atoms. The van der Waals surface area contributed by atoms with Crippen molar-refractivity contribution in [1.29, 1.82) is 0 Å². The Labute approximate surface area is 115 Å². The number of carbonyl (C=O) groups excluding carboxylic acids is 1. The SMILES string of the molecule is COCCN1CCN(C(=O)Cc2ccccc2)CC1. The van der Waals surface area contributed by atoms with Gasteiger partial charge in [0.1, 0.15) is 0 Å². The van der Waals surface area contributed by atoms with E-state index in [2.05, 4.69) is 4.90 Å². The maximum absolute atomic E-state index is 12.2. The molecule has 1 aliphatic heterocycles. The van der Waals surface area contributed by atoms with Crippen molar-refractivity contribution in [1.82, 2.24) is 9.80 Å². The van der Waals surface area contributed by atoms with Crippen LogP contribution in [0.25, 0.3) is 0 Å². The van der Waals surface area contributed by atoms with Crippen molar-refractivity contribution in [2.75, 3.05) is 46.4 Å².